The summed E-state index contributed by atoms with van der Waals surface area (Å²) in [4.78, 5) is 11.3. The molecule has 3 nitrogen and oxygen atoms in total. The first kappa shape index (κ1) is 12.2. The van der Waals surface area contributed by atoms with Crippen molar-refractivity contribution in [2.45, 2.75) is 13.3 Å². The molecule has 1 unspecified atom stereocenters. The molecule has 0 radical (unpaired) electrons. The Hall–Kier alpha value is -1.89. The quantitative estimate of drug-likeness (QED) is 0.731. The topological polar surface area (TPSA) is 50.1 Å². The zero-order valence-corrected chi connectivity index (χ0v) is 8.94. The van der Waals surface area contributed by atoms with E-state index in [0.717, 1.165) is 5.56 Å². The van der Waals surface area contributed by atoms with E-state index in [4.69, 9.17) is 5.26 Å². The third-order valence-electron chi connectivity index (χ3n) is 2.11. The third-order valence-corrected chi connectivity index (χ3v) is 2.11. The van der Waals surface area contributed by atoms with Gasteiger partial charge in [0.1, 0.15) is 11.9 Å². The van der Waals surface area contributed by atoms with Crippen molar-refractivity contribution >= 4 is 5.97 Å². The lowest BCUT2D eigenvalue weighted by Gasteiger charge is -2.09. The molecule has 0 aliphatic rings. The molecule has 4 heteroatoms. The summed E-state index contributed by atoms with van der Waals surface area (Å²) < 4.78 is 17.5. The Morgan fingerprint density at radius 2 is 2.38 bits per heavy atom. The van der Waals surface area contributed by atoms with Crippen LogP contribution in [0.4, 0.5) is 4.39 Å². The van der Waals surface area contributed by atoms with Crippen LogP contribution in [0.1, 0.15) is 12.5 Å². The first-order chi connectivity index (χ1) is 7.63. The van der Waals surface area contributed by atoms with Gasteiger partial charge in [-0.25, -0.2) is 4.39 Å². The maximum atomic E-state index is 12.9. The molecule has 0 bridgehead atoms. The van der Waals surface area contributed by atoms with Crippen molar-refractivity contribution in [2.75, 3.05) is 6.61 Å². The van der Waals surface area contributed by atoms with Gasteiger partial charge in [-0.3, -0.25) is 4.79 Å². The Morgan fingerprint density at radius 1 is 1.62 bits per heavy atom. The third kappa shape index (κ3) is 3.70. The Morgan fingerprint density at radius 3 is 3.00 bits per heavy atom. The van der Waals surface area contributed by atoms with Gasteiger partial charge in [-0.1, -0.05) is 19.1 Å². The van der Waals surface area contributed by atoms with E-state index in [1.807, 2.05) is 0 Å². The van der Waals surface area contributed by atoms with E-state index < -0.39 is 5.97 Å². The molecule has 0 aliphatic heterocycles. The molecular formula is C12H12FNO2. The number of benzene rings is 1. The SMILES string of the molecule is CC(Cc1cccc(F)c1)C(=O)OCC#N. The number of halogens is 1. The summed E-state index contributed by atoms with van der Waals surface area (Å²) in [5, 5.41) is 8.25. The fourth-order valence-corrected chi connectivity index (χ4v) is 1.35. The average molecular weight is 221 g/mol. The van der Waals surface area contributed by atoms with Gasteiger partial charge in [0.25, 0.3) is 0 Å². The van der Waals surface area contributed by atoms with E-state index in [0.29, 0.717) is 6.42 Å². The van der Waals surface area contributed by atoms with Crippen LogP contribution in [0.5, 0.6) is 0 Å². The van der Waals surface area contributed by atoms with Crippen LogP contribution in [-0.4, -0.2) is 12.6 Å². The highest BCUT2D eigenvalue weighted by Crippen LogP contribution is 2.11. The maximum Gasteiger partial charge on any atom is 0.310 e. The Kier molecular flexibility index (Phi) is 4.46. The van der Waals surface area contributed by atoms with Crippen LogP contribution in [0.15, 0.2) is 24.3 Å². The van der Waals surface area contributed by atoms with Gasteiger partial charge in [-0.05, 0) is 24.1 Å². The molecule has 0 spiro atoms. The van der Waals surface area contributed by atoms with E-state index >= 15 is 0 Å². The van der Waals surface area contributed by atoms with Gasteiger partial charge in [0.2, 0.25) is 0 Å². The van der Waals surface area contributed by atoms with Crippen LogP contribution in [0.3, 0.4) is 0 Å². The van der Waals surface area contributed by atoms with E-state index in [1.165, 1.54) is 12.1 Å². The molecule has 0 saturated heterocycles. The maximum absolute atomic E-state index is 12.9. The molecule has 84 valence electrons. The standard InChI is InChI=1S/C12H12FNO2/c1-9(12(15)16-6-5-14)7-10-3-2-4-11(13)8-10/h2-4,8-9H,6-7H2,1H3. The molecule has 0 amide bonds. The summed E-state index contributed by atoms with van der Waals surface area (Å²) in [6.45, 7) is 1.44. The molecule has 1 rings (SSSR count). The molecule has 1 aromatic carbocycles. The minimum atomic E-state index is -0.439. The van der Waals surface area contributed by atoms with Crippen molar-refractivity contribution in [1.29, 1.82) is 5.26 Å². The molecule has 1 atom stereocenters. The minimum Gasteiger partial charge on any atom is -0.450 e. The fourth-order valence-electron chi connectivity index (χ4n) is 1.35. The van der Waals surface area contributed by atoms with Crippen LogP contribution in [0, 0.1) is 23.1 Å². The largest absolute Gasteiger partial charge is 0.450 e. The predicted molar refractivity (Wildman–Crippen MR) is 55.8 cm³/mol. The number of carbonyl (C=O) groups is 1. The molecule has 0 heterocycles. The van der Waals surface area contributed by atoms with Crippen molar-refractivity contribution in [3.8, 4) is 6.07 Å². The number of nitrogens with zero attached hydrogens (tertiary/aromatic N) is 1. The molecule has 0 N–H and O–H groups in total. The Balaban J connectivity index is 2.54. The second-order valence-corrected chi connectivity index (χ2v) is 3.50. The molecule has 1 aromatic rings. The molecular weight excluding hydrogens is 209 g/mol. The number of hydrogen-bond acceptors (Lipinski definition) is 3. The lowest BCUT2D eigenvalue weighted by molar-refractivity contribution is -0.146. The summed E-state index contributed by atoms with van der Waals surface area (Å²) in [6, 6.07) is 7.80. The van der Waals surface area contributed by atoms with Crippen LogP contribution in [-0.2, 0) is 16.0 Å². The number of esters is 1. The molecule has 16 heavy (non-hydrogen) atoms. The van der Waals surface area contributed by atoms with Gasteiger partial charge in [-0.15, -0.1) is 0 Å². The number of hydrogen-bond donors (Lipinski definition) is 0. The number of nitriles is 1. The van der Waals surface area contributed by atoms with E-state index in [2.05, 4.69) is 4.74 Å². The number of ether oxygens (including phenoxy) is 1. The predicted octanol–water partition coefficient (Wildman–Crippen LogP) is 2.07. The van der Waals surface area contributed by atoms with Crippen LogP contribution < -0.4 is 0 Å². The highest BCUT2D eigenvalue weighted by atomic mass is 19.1. The van der Waals surface area contributed by atoms with Crippen molar-refractivity contribution in [2.24, 2.45) is 5.92 Å². The van der Waals surface area contributed by atoms with Crippen LogP contribution in [0.2, 0.25) is 0 Å². The molecule has 0 fully saturated rings. The summed E-state index contributed by atoms with van der Waals surface area (Å²) in [5.41, 5.74) is 0.737. The highest BCUT2D eigenvalue weighted by molar-refractivity contribution is 5.72. The average Bonchev–Trinajstić information content (AvgIpc) is 2.25. The van der Waals surface area contributed by atoms with Crippen molar-refractivity contribution < 1.29 is 13.9 Å². The number of rotatable bonds is 4. The fraction of sp³-hybridized carbons (Fsp3) is 0.333. The first-order valence-electron chi connectivity index (χ1n) is 4.91. The van der Waals surface area contributed by atoms with Crippen molar-refractivity contribution in [1.82, 2.24) is 0 Å². The van der Waals surface area contributed by atoms with Crippen LogP contribution >= 0.6 is 0 Å². The van der Waals surface area contributed by atoms with Gasteiger partial charge in [-0.2, -0.15) is 5.26 Å². The van der Waals surface area contributed by atoms with E-state index in [-0.39, 0.29) is 18.3 Å². The van der Waals surface area contributed by atoms with E-state index in [9.17, 15) is 9.18 Å². The van der Waals surface area contributed by atoms with Gasteiger partial charge in [0.15, 0.2) is 6.61 Å². The normalized spacial score (nSPS) is 11.6. The van der Waals surface area contributed by atoms with Gasteiger partial charge >= 0.3 is 5.97 Å². The lowest BCUT2D eigenvalue weighted by atomic mass is 10.0. The smallest absolute Gasteiger partial charge is 0.310 e. The second kappa shape index (κ2) is 5.86. The first-order valence-corrected chi connectivity index (χ1v) is 4.91. The summed E-state index contributed by atoms with van der Waals surface area (Å²) >= 11 is 0. The van der Waals surface area contributed by atoms with Crippen molar-refractivity contribution in [3.63, 3.8) is 0 Å². The van der Waals surface area contributed by atoms with E-state index in [1.54, 1.807) is 25.1 Å². The summed E-state index contributed by atoms with van der Waals surface area (Å²) in [7, 11) is 0. The van der Waals surface area contributed by atoms with Crippen molar-refractivity contribution in [3.05, 3.63) is 35.6 Å². The molecule has 0 aromatic heterocycles. The monoisotopic (exact) mass is 221 g/mol. The second-order valence-electron chi connectivity index (χ2n) is 3.50. The van der Waals surface area contributed by atoms with Gasteiger partial charge in [0.05, 0.1) is 5.92 Å². The Labute approximate surface area is 93.5 Å². The summed E-state index contributed by atoms with van der Waals surface area (Å²) in [5.74, 6) is -1.14. The lowest BCUT2D eigenvalue weighted by Crippen LogP contribution is -2.17. The van der Waals surface area contributed by atoms with Crippen LogP contribution in [0.25, 0.3) is 0 Å². The Bertz CT molecular complexity index is 412. The summed E-state index contributed by atoms with van der Waals surface area (Å²) in [6.07, 6.45) is 0.405. The number of carbonyl (C=O) groups excluding carboxylic acids is 1. The zero-order valence-electron chi connectivity index (χ0n) is 8.94. The molecule has 0 aliphatic carbocycles. The highest BCUT2D eigenvalue weighted by Gasteiger charge is 2.14. The zero-order chi connectivity index (χ0) is 12.0. The minimum absolute atomic E-state index is 0.244. The van der Waals surface area contributed by atoms with Gasteiger partial charge in [0, 0.05) is 0 Å². The molecule has 0 saturated carbocycles. The van der Waals surface area contributed by atoms with Gasteiger partial charge < -0.3 is 4.74 Å².